The topological polar surface area (TPSA) is 52.7 Å². The summed E-state index contributed by atoms with van der Waals surface area (Å²) in [5, 5.41) is 3.34. The van der Waals surface area contributed by atoms with E-state index >= 15 is 0 Å². The van der Waals surface area contributed by atoms with Crippen LogP contribution in [0.5, 0.6) is 0 Å². The van der Waals surface area contributed by atoms with Gasteiger partial charge in [-0.05, 0) is 30.9 Å². The van der Waals surface area contributed by atoms with Crippen molar-refractivity contribution in [3.63, 3.8) is 0 Å². The van der Waals surface area contributed by atoms with Gasteiger partial charge in [-0.1, -0.05) is 32.0 Å². The number of hydrogen-bond acceptors (Lipinski definition) is 3. The van der Waals surface area contributed by atoms with Crippen LogP contribution in [0.25, 0.3) is 0 Å². The number of carbonyl (C=O) groups excluding carboxylic acids is 2. The molecule has 3 heterocycles. The van der Waals surface area contributed by atoms with E-state index in [1.165, 1.54) is 0 Å². The summed E-state index contributed by atoms with van der Waals surface area (Å²) in [6, 6.07) is 9.49. The Labute approximate surface area is 155 Å². The Morgan fingerprint density at radius 3 is 2.54 bits per heavy atom. The fourth-order valence-electron chi connectivity index (χ4n) is 5.17. The second-order valence-corrected chi connectivity index (χ2v) is 8.63. The third-order valence-corrected chi connectivity index (χ3v) is 6.40. The van der Waals surface area contributed by atoms with Crippen LogP contribution in [0.3, 0.4) is 0 Å². The Balaban J connectivity index is 1.43. The minimum absolute atomic E-state index is 0.106. The molecule has 0 unspecified atom stereocenters. The van der Waals surface area contributed by atoms with Crippen LogP contribution in [0, 0.1) is 17.8 Å². The lowest BCUT2D eigenvalue weighted by atomic mass is 9.75. The van der Waals surface area contributed by atoms with Crippen LogP contribution in [-0.4, -0.2) is 59.9 Å². The fraction of sp³-hybridized carbons (Fsp3) is 0.619. The summed E-state index contributed by atoms with van der Waals surface area (Å²) >= 11 is 0. The first-order chi connectivity index (χ1) is 12.5. The zero-order chi connectivity index (χ0) is 18.3. The first kappa shape index (κ1) is 17.5. The van der Waals surface area contributed by atoms with Gasteiger partial charge in [0.15, 0.2) is 0 Å². The molecule has 140 valence electrons. The number of fused-ring (bicyclic) bond motifs is 2. The van der Waals surface area contributed by atoms with Crippen molar-refractivity contribution < 1.29 is 9.59 Å². The van der Waals surface area contributed by atoms with Gasteiger partial charge in [-0.15, -0.1) is 0 Å². The molecule has 1 aromatic carbocycles. The maximum Gasteiger partial charge on any atom is 0.253 e. The summed E-state index contributed by atoms with van der Waals surface area (Å²) in [5.41, 5.74) is 0.641. The Hall–Kier alpha value is -1.88. The largest absolute Gasteiger partial charge is 0.350 e. The van der Waals surface area contributed by atoms with E-state index in [9.17, 15) is 9.59 Å². The quantitative estimate of drug-likeness (QED) is 0.902. The summed E-state index contributed by atoms with van der Waals surface area (Å²) in [6.45, 7) is 8.88. The molecule has 0 saturated carbocycles. The third kappa shape index (κ3) is 3.02. The van der Waals surface area contributed by atoms with Crippen LogP contribution in [0.15, 0.2) is 30.3 Å². The van der Waals surface area contributed by atoms with E-state index in [2.05, 4.69) is 24.1 Å². The third-order valence-electron chi connectivity index (χ3n) is 6.40. The first-order valence-electron chi connectivity index (χ1n) is 9.87. The van der Waals surface area contributed by atoms with E-state index in [1.807, 2.05) is 35.2 Å². The normalized spacial score (nSPS) is 27.8. The number of likely N-dealkylation sites (tertiary alicyclic amines) is 2. The van der Waals surface area contributed by atoms with Crippen molar-refractivity contribution in [1.82, 2.24) is 15.1 Å². The highest BCUT2D eigenvalue weighted by atomic mass is 16.2. The van der Waals surface area contributed by atoms with Gasteiger partial charge in [0.25, 0.3) is 5.91 Å². The molecule has 3 saturated heterocycles. The maximum atomic E-state index is 12.7. The Morgan fingerprint density at radius 2 is 1.88 bits per heavy atom. The number of nitrogens with one attached hydrogen (secondary N) is 1. The maximum absolute atomic E-state index is 12.7. The van der Waals surface area contributed by atoms with Crippen LogP contribution in [0.1, 0.15) is 37.0 Å². The van der Waals surface area contributed by atoms with Gasteiger partial charge in [-0.25, -0.2) is 0 Å². The highest BCUT2D eigenvalue weighted by molar-refractivity contribution is 5.94. The molecule has 1 N–H and O–H groups in total. The highest BCUT2D eigenvalue weighted by Gasteiger charge is 2.57. The molecule has 5 nitrogen and oxygen atoms in total. The molecule has 0 aliphatic carbocycles. The number of benzene rings is 1. The van der Waals surface area contributed by atoms with Crippen molar-refractivity contribution in [3.05, 3.63) is 35.9 Å². The zero-order valence-electron chi connectivity index (χ0n) is 15.8. The molecular weight excluding hydrogens is 326 g/mol. The minimum Gasteiger partial charge on any atom is -0.350 e. The number of amides is 2. The lowest BCUT2D eigenvalue weighted by molar-refractivity contribution is -0.123. The minimum atomic E-state index is -0.110. The van der Waals surface area contributed by atoms with Gasteiger partial charge in [0.2, 0.25) is 5.91 Å². The summed E-state index contributed by atoms with van der Waals surface area (Å²) in [7, 11) is 0. The van der Waals surface area contributed by atoms with Crippen molar-refractivity contribution in [2.75, 3.05) is 32.7 Å². The lowest BCUT2D eigenvalue weighted by Crippen LogP contribution is -2.56. The van der Waals surface area contributed by atoms with Crippen LogP contribution in [0.4, 0.5) is 0 Å². The van der Waals surface area contributed by atoms with Crippen LogP contribution >= 0.6 is 0 Å². The predicted octanol–water partition coefficient (Wildman–Crippen LogP) is 2.00. The van der Waals surface area contributed by atoms with Gasteiger partial charge >= 0.3 is 0 Å². The van der Waals surface area contributed by atoms with E-state index in [4.69, 9.17) is 0 Å². The second-order valence-electron chi connectivity index (χ2n) is 8.63. The Morgan fingerprint density at radius 1 is 1.19 bits per heavy atom. The monoisotopic (exact) mass is 355 g/mol. The predicted molar refractivity (Wildman–Crippen MR) is 101 cm³/mol. The molecule has 2 atom stereocenters. The average molecular weight is 355 g/mol. The first-order valence-corrected chi connectivity index (χ1v) is 9.87. The van der Waals surface area contributed by atoms with Crippen LogP contribution < -0.4 is 5.32 Å². The summed E-state index contributed by atoms with van der Waals surface area (Å²) in [5.74, 6) is 1.48. The van der Waals surface area contributed by atoms with Gasteiger partial charge in [0, 0.05) is 49.7 Å². The number of nitrogens with zero attached hydrogens (tertiary/aromatic N) is 2. The molecule has 1 aromatic rings. The van der Waals surface area contributed by atoms with E-state index in [0.717, 1.165) is 51.1 Å². The molecule has 3 fully saturated rings. The van der Waals surface area contributed by atoms with Crippen molar-refractivity contribution >= 4 is 11.8 Å². The molecule has 0 radical (unpaired) electrons. The standard InChI is InChI=1S/C21H29N3O2/c1-15(2)12-23-13-17-18(14-23)21(22-19(17)25)8-10-24(11-9-21)20(26)16-6-4-3-5-7-16/h3-7,15,17-18H,8-14H2,1-2H3,(H,22,25)/t17-,18+/m1/s1. The molecule has 1 spiro atoms. The molecule has 5 heteroatoms. The number of piperidine rings is 1. The number of hydrogen-bond donors (Lipinski definition) is 1. The fourth-order valence-corrected chi connectivity index (χ4v) is 5.17. The number of carbonyl (C=O) groups is 2. The lowest BCUT2D eigenvalue weighted by Gasteiger charge is -2.43. The zero-order valence-corrected chi connectivity index (χ0v) is 15.8. The van der Waals surface area contributed by atoms with Gasteiger partial charge in [-0.3, -0.25) is 9.59 Å². The smallest absolute Gasteiger partial charge is 0.253 e. The van der Waals surface area contributed by atoms with Gasteiger partial charge in [0.1, 0.15) is 0 Å². The molecule has 0 aromatic heterocycles. The highest BCUT2D eigenvalue weighted by Crippen LogP contribution is 2.44. The van der Waals surface area contributed by atoms with Crippen molar-refractivity contribution in [1.29, 1.82) is 0 Å². The van der Waals surface area contributed by atoms with Crippen LogP contribution in [-0.2, 0) is 4.79 Å². The molecule has 2 amide bonds. The molecule has 4 rings (SSSR count). The van der Waals surface area contributed by atoms with Crippen LogP contribution in [0.2, 0.25) is 0 Å². The summed E-state index contributed by atoms with van der Waals surface area (Å²) in [4.78, 5) is 29.7. The van der Waals surface area contributed by atoms with E-state index < -0.39 is 0 Å². The number of rotatable bonds is 3. The molecule has 0 bridgehead atoms. The summed E-state index contributed by atoms with van der Waals surface area (Å²) in [6.07, 6.45) is 1.74. The van der Waals surface area contributed by atoms with E-state index in [0.29, 0.717) is 11.8 Å². The molecule has 3 aliphatic heterocycles. The molecule has 26 heavy (non-hydrogen) atoms. The Kier molecular flexibility index (Phi) is 4.51. The SMILES string of the molecule is CC(C)CN1C[C@H]2C(=O)NC3(CCN(C(=O)c4ccccc4)CC3)[C@H]2C1. The van der Waals surface area contributed by atoms with E-state index in [-0.39, 0.29) is 23.3 Å². The van der Waals surface area contributed by atoms with E-state index in [1.54, 1.807) is 0 Å². The molecule has 3 aliphatic rings. The molecular formula is C21H29N3O2. The summed E-state index contributed by atoms with van der Waals surface area (Å²) < 4.78 is 0. The Bertz CT molecular complexity index is 680. The van der Waals surface area contributed by atoms with Gasteiger partial charge in [0.05, 0.1) is 5.92 Å². The van der Waals surface area contributed by atoms with Crippen molar-refractivity contribution in [2.24, 2.45) is 17.8 Å². The van der Waals surface area contributed by atoms with Crippen molar-refractivity contribution in [2.45, 2.75) is 32.2 Å². The van der Waals surface area contributed by atoms with Crippen molar-refractivity contribution in [3.8, 4) is 0 Å². The average Bonchev–Trinajstić information content (AvgIpc) is 3.15. The van der Waals surface area contributed by atoms with Gasteiger partial charge in [-0.2, -0.15) is 0 Å². The van der Waals surface area contributed by atoms with Gasteiger partial charge < -0.3 is 15.1 Å². The second kappa shape index (κ2) is 6.69.